The molecule has 0 aliphatic carbocycles. The van der Waals surface area contributed by atoms with E-state index in [0.29, 0.717) is 37.5 Å². The van der Waals surface area contributed by atoms with Gasteiger partial charge in [-0.3, -0.25) is 9.69 Å². The molecule has 4 rings (SSSR count). The van der Waals surface area contributed by atoms with E-state index >= 15 is 0 Å². The van der Waals surface area contributed by atoms with Gasteiger partial charge in [-0.1, -0.05) is 36.4 Å². The molecule has 2 atom stereocenters. The maximum absolute atomic E-state index is 13.9. The Labute approximate surface area is 205 Å². The van der Waals surface area contributed by atoms with Crippen LogP contribution in [0.4, 0.5) is 19.3 Å². The Balaban J connectivity index is 1.56. The summed E-state index contributed by atoms with van der Waals surface area (Å²) in [5.74, 6) is -2.85. The van der Waals surface area contributed by atoms with Gasteiger partial charge in [0.05, 0.1) is 18.3 Å². The summed E-state index contributed by atoms with van der Waals surface area (Å²) >= 11 is 0.907. The monoisotopic (exact) mass is 501 g/mol. The minimum Gasteiger partial charge on any atom is -0.383 e. The van der Waals surface area contributed by atoms with Gasteiger partial charge in [-0.2, -0.15) is 4.37 Å². The van der Waals surface area contributed by atoms with Gasteiger partial charge in [-0.25, -0.2) is 13.6 Å². The first-order valence-corrected chi connectivity index (χ1v) is 11.7. The number of hydrogen-bond donors (Lipinski definition) is 3. The smallest absolute Gasteiger partial charge is 0.319 e. The van der Waals surface area contributed by atoms with E-state index in [1.54, 1.807) is 7.11 Å². The van der Waals surface area contributed by atoms with Crippen LogP contribution in [0.3, 0.4) is 0 Å². The van der Waals surface area contributed by atoms with Crippen molar-refractivity contribution in [1.29, 1.82) is 0 Å². The molecule has 184 valence electrons. The van der Waals surface area contributed by atoms with Crippen LogP contribution in [0.2, 0.25) is 0 Å². The third kappa shape index (κ3) is 5.64. The summed E-state index contributed by atoms with van der Waals surface area (Å²) < 4.78 is 36.9. The van der Waals surface area contributed by atoms with Crippen molar-refractivity contribution in [2.24, 2.45) is 5.73 Å². The van der Waals surface area contributed by atoms with Crippen molar-refractivity contribution in [1.82, 2.24) is 14.6 Å². The molecular formula is C24H25F2N5O3S. The molecule has 0 radical (unpaired) electrons. The fourth-order valence-electron chi connectivity index (χ4n) is 4.20. The Morgan fingerprint density at radius 2 is 1.94 bits per heavy atom. The van der Waals surface area contributed by atoms with Crippen LogP contribution in [0.25, 0.3) is 11.3 Å². The van der Waals surface area contributed by atoms with Gasteiger partial charge < -0.3 is 21.1 Å². The molecule has 0 saturated carbocycles. The summed E-state index contributed by atoms with van der Waals surface area (Å²) in [5.41, 5.74) is 7.47. The Morgan fingerprint density at radius 1 is 1.17 bits per heavy atom. The Hall–Kier alpha value is -3.41. The molecule has 0 bridgehead atoms. The van der Waals surface area contributed by atoms with Gasteiger partial charge in [-0.05, 0) is 29.2 Å². The molecule has 0 spiro atoms. The normalized spacial score (nSPS) is 17.9. The zero-order valence-corrected chi connectivity index (χ0v) is 19.8. The summed E-state index contributed by atoms with van der Waals surface area (Å²) in [4.78, 5) is 27.2. The number of ether oxygens (including phenoxy) is 1. The minimum absolute atomic E-state index is 0.129. The average molecular weight is 502 g/mol. The average Bonchev–Trinajstić information content (AvgIpc) is 3.44. The summed E-state index contributed by atoms with van der Waals surface area (Å²) in [7, 11) is 1.60. The maximum atomic E-state index is 13.9. The van der Waals surface area contributed by atoms with Gasteiger partial charge >= 0.3 is 6.03 Å². The number of nitrogens with one attached hydrogen (secondary N) is 2. The van der Waals surface area contributed by atoms with Crippen molar-refractivity contribution >= 4 is 29.2 Å². The van der Waals surface area contributed by atoms with Crippen LogP contribution in [0.1, 0.15) is 21.2 Å². The Bertz CT molecular complexity index is 1210. The number of likely N-dealkylation sites (tertiary alicyclic amines) is 1. The van der Waals surface area contributed by atoms with Crippen LogP contribution in [0, 0.1) is 11.6 Å². The highest BCUT2D eigenvalue weighted by molar-refractivity contribution is 7.09. The SMILES string of the molecule is COCCN1C[C@@H](NC(=O)Nc2c(-c3ccccc3)nsc2C(N)=O)[C@H](c2ccc(F)c(F)c2)C1. The molecule has 1 fully saturated rings. The highest BCUT2D eigenvalue weighted by Gasteiger charge is 2.35. The molecule has 8 nitrogen and oxygen atoms in total. The largest absolute Gasteiger partial charge is 0.383 e. The molecule has 1 aliphatic heterocycles. The number of hydrogen-bond acceptors (Lipinski definition) is 6. The summed E-state index contributed by atoms with van der Waals surface area (Å²) in [5, 5.41) is 5.66. The van der Waals surface area contributed by atoms with E-state index in [0.717, 1.165) is 29.2 Å². The van der Waals surface area contributed by atoms with Crippen molar-refractivity contribution in [3.63, 3.8) is 0 Å². The molecule has 3 aromatic rings. The predicted molar refractivity (Wildman–Crippen MR) is 129 cm³/mol. The van der Waals surface area contributed by atoms with E-state index in [4.69, 9.17) is 10.5 Å². The van der Waals surface area contributed by atoms with Crippen LogP contribution in [0.15, 0.2) is 48.5 Å². The fourth-order valence-corrected chi connectivity index (χ4v) is 4.91. The molecule has 1 aliphatic rings. The number of methoxy groups -OCH3 is 1. The predicted octanol–water partition coefficient (Wildman–Crippen LogP) is 3.42. The molecule has 1 aromatic heterocycles. The third-order valence-electron chi connectivity index (χ3n) is 5.90. The molecule has 11 heteroatoms. The van der Waals surface area contributed by atoms with Gasteiger partial charge in [0.25, 0.3) is 5.91 Å². The van der Waals surface area contributed by atoms with E-state index in [-0.39, 0.29) is 16.5 Å². The van der Waals surface area contributed by atoms with Crippen molar-refractivity contribution < 1.29 is 23.1 Å². The maximum Gasteiger partial charge on any atom is 0.319 e. The second kappa shape index (κ2) is 10.9. The zero-order chi connectivity index (χ0) is 24.9. The lowest BCUT2D eigenvalue weighted by molar-refractivity contribution is 0.100. The van der Waals surface area contributed by atoms with Crippen molar-refractivity contribution in [2.75, 3.05) is 38.7 Å². The van der Waals surface area contributed by atoms with E-state index in [1.807, 2.05) is 30.3 Å². The number of anilines is 1. The molecule has 4 N–H and O–H groups in total. The quantitative estimate of drug-likeness (QED) is 0.438. The number of rotatable bonds is 8. The lowest BCUT2D eigenvalue weighted by Gasteiger charge is -2.21. The van der Waals surface area contributed by atoms with E-state index in [1.165, 1.54) is 6.07 Å². The van der Waals surface area contributed by atoms with Crippen molar-refractivity contribution in [3.05, 3.63) is 70.6 Å². The van der Waals surface area contributed by atoms with E-state index in [9.17, 15) is 18.4 Å². The number of nitrogens with two attached hydrogens (primary N) is 1. The number of carbonyl (C=O) groups excluding carboxylic acids is 2. The number of benzene rings is 2. The van der Waals surface area contributed by atoms with Crippen LogP contribution < -0.4 is 16.4 Å². The second-order valence-electron chi connectivity index (χ2n) is 8.20. The molecule has 35 heavy (non-hydrogen) atoms. The lowest BCUT2D eigenvalue weighted by atomic mass is 9.94. The highest BCUT2D eigenvalue weighted by Crippen LogP contribution is 2.33. The zero-order valence-electron chi connectivity index (χ0n) is 19.0. The van der Waals surface area contributed by atoms with Gasteiger partial charge in [0.1, 0.15) is 10.6 Å². The Morgan fingerprint density at radius 3 is 2.63 bits per heavy atom. The van der Waals surface area contributed by atoms with Crippen molar-refractivity contribution in [3.8, 4) is 11.3 Å². The number of carbonyl (C=O) groups is 2. The van der Waals surface area contributed by atoms with Crippen LogP contribution in [0.5, 0.6) is 0 Å². The lowest BCUT2D eigenvalue weighted by Crippen LogP contribution is -2.42. The van der Waals surface area contributed by atoms with Crippen LogP contribution in [-0.4, -0.2) is 60.6 Å². The van der Waals surface area contributed by atoms with Gasteiger partial charge in [0.2, 0.25) is 0 Å². The van der Waals surface area contributed by atoms with E-state index < -0.39 is 29.6 Å². The molecule has 2 heterocycles. The minimum atomic E-state index is -0.941. The second-order valence-corrected chi connectivity index (χ2v) is 8.98. The fraction of sp³-hybridized carbons (Fsp3) is 0.292. The number of nitrogens with zero attached hydrogens (tertiary/aromatic N) is 2. The van der Waals surface area contributed by atoms with E-state index in [2.05, 4.69) is 19.9 Å². The number of aromatic nitrogens is 1. The number of urea groups is 1. The number of halogens is 2. The van der Waals surface area contributed by atoms with Gasteiger partial charge in [-0.15, -0.1) is 0 Å². The van der Waals surface area contributed by atoms with Crippen molar-refractivity contribution in [2.45, 2.75) is 12.0 Å². The standard InChI is InChI=1S/C24H25F2N5O3S/c1-34-10-9-31-12-16(15-7-8-17(25)18(26)11-15)19(13-31)28-24(33)29-21-20(14-5-3-2-4-6-14)30-35-22(21)23(27)32/h2-8,11,16,19H,9-10,12-13H2,1H3,(H2,27,32)(H2,28,29,33)/t16-,19+/m0/s1. The number of primary amides is 1. The molecular weight excluding hydrogens is 476 g/mol. The molecule has 2 aromatic carbocycles. The summed E-state index contributed by atoms with van der Waals surface area (Å²) in [6.07, 6.45) is 0. The first-order valence-electron chi connectivity index (χ1n) is 11.0. The summed E-state index contributed by atoms with van der Waals surface area (Å²) in [6, 6.07) is 11.9. The third-order valence-corrected chi connectivity index (χ3v) is 6.76. The van der Waals surface area contributed by atoms with Gasteiger partial charge in [0, 0.05) is 38.2 Å². The molecule has 3 amide bonds. The topological polar surface area (TPSA) is 110 Å². The highest BCUT2D eigenvalue weighted by atomic mass is 32.1. The molecule has 0 unspecified atom stereocenters. The Kier molecular flexibility index (Phi) is 7.69. The number of amides is 3. The van der Waals surface area contributed by atoms with Gasteiger partial charge in [0.15, 0.2) is 11.6 Å². The first kappa shape index (κ1) is 24.7. The van der Waals surface area contributed by atoms with Crippen LogP contribution in [-0.2, 0) is 4.74 Å². The van der Waals surface area contributed by atoms with Crippen LogP contribution >= 0.6 is 11.5 Å². The first-order chi connectivity index (χ1) is 16.9. The summed E-state index contributed by atoms with van der Waals surface area (Å²) in [6.45, 7) is 2.12. The molecule has 1 saturated heterocycles.